The number of aryl methyl sites for hydroxylation is 2. The number of carbonyl (C=O) groups is 2. The summed E-state index contributed by atoms with van der Waals surface area (Å²) in [5.74, 6) is -0.711. The van der Waals surface area contributed by atoms with E-state index in [4.69, 9.17) is 9.84 Å². The molecule has 0 atom stereocenters. The first-order valence-electron chi connectivity index (χ1n) is 7.39. The average molecular weight is 325 g/mol. The summed E-state index contributed by atoms with van der Waals surface area (Å²) < 4.78 is 5.21. The van der Waals surface area contributed by atoms with E-state index in [-0.39, 0.29) is 11.3 Å². The van der Waals surface area contributed by atoms with Crippen LogP contribution < -0.4 is 10.1 Å². The van der Waals surface area contributed by atoms with E-state index in [1.54, 1.807) is 31.4 Å². The highest BCUT2D eigenvalue weighted by Gasteiger charge is 2.10. The van der Waals surface area contributed by atoms with Crippen molar-refractivity contribution in [1.29, 1.82) is 0 Å². The van der Waals surface area contributed by atoms with E-state index in [9.17, 15) is 9.59 Å². The Balaban J connectivity index is 2.19. The molecule has 5 nitrogen and oxygen atoms in total. The predicted octanol–water partition coefficient (Wildman–Crippen LogP) is 3.66. The molecule has 0 aromatic heterocycles. The maximum atomic E-state index is 12.1. The Morgan fingerprint density at radius 2 is 1.75 bits per heavy atom. The van der Waals surface area contributed by atoms with Gasteiger partial charge in [0.2, 0.25) is 5.91 Å². The van der Waals surface area contributed by atoms with Gasteiger partial charge in [-0.1, -0.05) is 12.1 Å². The van der Waals surface area contributed by atoms with Gasteiger partial charge in [0.1, 0.15) is 5.75 Å². The number of carboxylic acid groups (broad SMARTS) is 1. The number of methoxy groups -OCH3 is 1. The summed E-state index contributed by atoms with van der Waals surface area (Å²) in [4.78, 5) is 23.2. The fraction of sp³-hybridized carbons (Fsp3) is 0.158. The van der Waals surface area contributed by atoms with E-state index >= 15 is 0 Å². The van der Waals surface area contributed by atoms with Crippen LogP contribution in [0.2, 0.25) is 0 Å². The van der Waals surface area contributed by atoms with Crippen LogP contribution in [0.4, 0.5) is 5.69 Å². The number of anilines is 1. The van der Waals surface area contributed by atoms with Crippen LogP contribution in [0.25, 0.3) is 6.08 Å². The van der Waals surface area contributed by atoms with Gasteiger partial charge in [0.15, 0.2) is 0 Å². The number of amides is 1. The van der Waals surface area contributed by atoms with Crippen molar-refractivity contribution in [3.8, 4) is 5.75 Å². The molecule has 0 fully saturated rings. The summed E-state index contributed by atoms with van der Waals surface area (Å²) in [6, 6.07) is 10.1. The number of benzene rings is 2. The van der Waals surface area contributed by atoms with Gasteiger partial charge in [-0.05, 0) is 60.9 Å². The number of carbonyl (C=O) groups excluding carboxylic acids is 1. The maximum Gasteiger partial charge on any atom is 0.337 e. The number of carboxylic acids is 1. The Morgan fingerprint density at radius 3 is 2.33 bits per heavy atom. The minimum absolute atomic E-state index is 0.0519. The second kappa shape index (κ2) is 7.46. The van der Waals surface area contributed by atoms with Crippen molar-refractivity contribution in [2.75, 3.05) is 12.4 Å². The molecule has 0 aliphatic heterocycles. The van der Waals surface area contributed by atoms with Gasteiger partial charge in [-0.2, -0.15) is 0 Å². The normalized spacial score (nSPS) is 10.6. The third-order valence-electron chi connectivity index (χ3n) is 3.62. The van der Waals surface area contributed by atoms with Crippen LogP contribution >= 0.6 is 0 Å². The minimum atomic E-state index is -1.09. The summed E-state index contributed by atoms with van der Waals surface area (Å²) in [6.45, 7) is 3.87. The van der Waals surface area contributed by atoms with Crippen LogP contribution in [0.15, 0.2) is 42.5 Å². The Labute approximate surface area is 140 Å². The van der Waals surface area contributed by atoms with Gasteiger partial charge in [-0.15, -0.1) is 0 Å². The molecule has 24 heavy (non-hydrogen) atoms. The fourth-order valence-corrected chi connectivity index (χ4v) is 2.43. The largest absolute Gasteiger partial charge is 0.497 e. The molecule has 2 rings (SSSR count). The van der Waals surface area contributed by atoms with Crippen LogP contribution in [0.5, 0.6) is 5.75 Å². The van der Waals surface area contributed by atoms with Crippen LogP contribution in [0.1, 0.15) is 27.0 Å². The molecule has 0 bridgehead atoms. The first kappa shape index (κ1) is 17.3. The number of ether oxygens (including phenoxy) is 1. The van der Waals surface area contributed by atoms with Crippen molar-refractivity contribution >= 4 is 23.6 Å². The molecule has 2 N–H and O–H groups in total. The molecule has 1 amide bonds. The maximum absolute atomic E-state index is 12.1. The van der Waals surface area contributed by atoms with Crippen molar-refractivity contribution in [2.24, 2.45) is 0 Å². The summed E-state index contributed by atoms with van der Waals surface area (Å²) >= 11 is 0. The second-order valence-electron chi connectivity index (χ2n) is 5.35. The lowest BCUT2D eigenvalue weighted by Gasteiger charge is -2.09. The number of nitrogens with one attached hydrogen (secondary N) is 1. The summed E-state index contributed by atoms with van der Waals surface area (Å²) in [6.07, 6.45) is 3.10. The zero-order chi connectivity index (χ0) is 17.7. The number of aromatic carboxylic acids is 1. The summed E-state index contributed by atoms with van der Waals surface area (Å²) in [5, 5.41) is 11.7. The van der Waals surface area contributed by atoms with Crippen molar-refractivity contribution in [2.45, 2.75) is 13.8 Å². The van der Waals surface area contributed by atoms with E-state index < -0.39 is 11.9 Å². The molecule has 124 valence electrons. The highest BCUT2D eigenvalue weighted by molar-refractivity contribution is 6.06. The molecule has 0 aliphatic carbocycles. The van der Waals surface area contributed by atoms with Gasteiger partial charge >= 0.3 is 5.97 Å². The number of hydrogen-bond acceptors (Lipinski definition) is 3. The third kappa shape index (κ3) is 4.01. The lowest BCUT2D eigenvalue weighted by Crippen LogP contribution is -2.11. The van der Waals surface area contributed by atoms with E-state index in [1.807, 2.05) is 26.0 Å². The van der Waals surface area contributed by atoms with E-state index in [0.29, 0.717) is 0 Å². The third-order valence-corrected chi connectivity index (χ3v) is 3.62. The van der Waals surface area contributed by atoms with E-state index in [1.165, 1.54) is 12.1 Å². The van der Waals surface area contributed by atoms with Gasteiger partial charge in [0.25, 0.3) is 0 Å². The Kier molecular flexibility index (Phi) is 5.37. The highest BCUT2D eigenvalue weighted by atomic mass is 16.5. The highest BCUT2D eigenvalue weighted by Crippen LogP contribution is 2.23. The first-order valence-corrected chi connectivity index (χ1v) is 7.39. The van der Waals surface area contributed by atoms with E-state index in [2.05, 4.69) is 5.32 Å². The lowest BCUT2D eigenvalue weighted by molar-refractivity contribution is -0.111. The molecule has 2 aromatic rings. The van der Waals surface area contributed by atoms with Crippen molar-refractivity contribution < 1.29 is 19.4 Å². The molecule has 0 radical (unpaired) electrons. The molecule has 0 heterocycles. The first-order chi connectivity index (χ1) is 11.4. The van der Waals surface area contributed by atoms with Crippen LogP contribution in [-0.4, -0.2) is 24.1 Å². The monoisotopic (exact) mass is 325 g/mol. The van der Waals surface area contributed by atoms with Gasteiger partial charge < -0.3 is 15.2 Å². The van der Waals surface area contributed by atoms with Crippen LogP contribution in [0.3, 0.4) is 0 Å². The zero-order valence-corrected chi connectivity index (χ0v) is 13.8. The number of rotatable bonds is 5. The predicted molar refractivity (Wildman–Crippen MR) is 93.5 cm³/mol. The Hall–Kier alpha value is -3.08. The molecule has 0 aliphatic rings. The minimum Gasteiger partial charge on any atom is -0.497 e. The molecule has 2 aromatic carbocycles. The standard InChI is InChI=1S/C19H19NO4/c1-12-10-14(24-3)11-13(2)15(12)8-9-18(21)20-17-7-5-4-6-16(17)19(22)23/h4-11H,1-3H3,(H,20,21)(H,22,23)/b9-8+. The van der Waals surface area contributed by atoms with Crippen LogP contribution in [-0.2, 0) is 4.79 Å². The van der Waals surface area contributed by atoms with Gasteiger partial charge in [0, 0.05) is 6.08 Å². The number of para-hydroxylation sites is 1. The topological polar surface area (TPSA) is 75.6 Å². The van der Waals surface area contributed by atoms with Crippen LogP contribution in [0, 0.1) is 13.8 Å². The molecule has 0 unspecified atom stereocenters. The summed E-state index contributed by atoms with van der Waals surface area (Å²) in [7, 11) is 1.61. The smallest absolute Gasteiger partial charge is 0.337 e. The van der Waals surface area contributed by atoms with Crippen molar-refractivity contribution in [3.05, 3.63) is 64.7 Å². The van der Waals surface area contributed by atoms with Crippen molar-refractivity contribution in [1.82, 2.24) is 0 Å². The SMILES string of the molecule is COc1cc(C)c(/C=C/C(=O)Nc2ccccc2C(=O)O)c(C)c1. The molecular weight excluding hydrogens is 306 g/mol. The van der Waals surface area contributed by atoms with Gasteiger partial charge in [0.05, 0.1) is 18.4 Å². The molecule has 5 heteroatoms. The van der Waals surface area contributed by atoms with E-state index in [0.717, 1.165) is 22.4 Å². The molecule has 0 saturated carbocycles. The fourth-order valence-electron chi connectivity index (χ4n) is 2.43. The second-order valence-corrected chi connectivity index (χ2v) is 5.35. The lowest BCUT2D eigenvalue weighted by atomic mass is 10.0. The number of hydrogen-bond donors (Lipinski definition) is 2. The van der Waals surface area contributed by atoms with Crippen molar-refractivity contribution in [3.63, 3.8) is 0 Å². The quantitative estimate of drug-likeness (QED) is 0.823. The Bertz CT molecular complexity index is 786. The van der Waals surface area contributed by atoms with Gasteiger partial charge in [-0.3, -0.25) is 4.79 Å². The molecular formula is C19H19NO4. The summed E-state index contributed by atoms with van der Waals surface area (Å²) in [5.41, 5.74) is 3.22. The Morgan fingerprint density at radius 1 is 1.12 bits per heavy atom. The molecule has 0 spiro atoms. The van der Waals surface area contributed by atoms with Gasteiger partial charge in [-0.25, -0.2) is 4.79 Å². The average Bonchev–Trinajstić information content (AvgIpc) is 2.54. The zero-order valence-electron chi connectivity index (χ0n) is 13.8. The molecule has 0 saturated heterocycles.